The molecule has 140 valence electrons. The van der Waals surface area contributed by atoms with Crippen LogP contribution < -0.4 is 10.2 Å². The monoisotopic (exact) mass is 386 g/mol. The van der Waals surface area contributed by atoms with Crippen molar-refractivity contribution in [1.29, 1.82) is 0 Å². The molecule has 0 spiro atoms. The smallest absolute Gasteiger partial charge is 0.0699 e. The minimum absolute atomic E-state index is 0.0506. The summed E-state index contributed by atoms with van der Waals surface area (Å²) in [7, 11) is 2.04. The average Bonchev–Trinajstić information content (AvgIpc) is 2.80. The maximum absolute atomic E-state index is 6.21. The van der Waals surface area contributed by atoms with E-state index < -0.39 is 0 Å². The van der Waals surface area contributed by atoms with Crippen LogP contribution in [-0.4, -0.2) is 13.1 Å². The van der Waals surface area contributed by atoms with Crippen LogP contribution in [0, 0.1) is 0 Å². The summed E-state index contributed by atoms with van der Waals surface area (Å²) in [4.78, 5) is 2.13. The molecule has 0 saturated heterocycles. The number of hydrogen-bond donors (Lipinski definition) is 1. The summed E-state index contributed by atoms with van der Waals surface area (Å²) in [6, 6.07) is 25.1. The van der Waals surface area contributed by atoms with Crippen molar-refractivity contribution in [3.8, 4) is 11.1 Å². The Morgan fingerprint density at radius 3 is 2.46 bits per heavy atom. The number of nitrogens with zero attached hydrogens (tertiary/aromatic N) is 1. The lowest BCUT2D eigenvalue weighted by atomic mass is 9.98. The first-order valence-electron chi connectivity index (χ1n) is 9.35. The van der Waals surface area contributed by atoms with E-state index in [0.717, 1.165) is 29.1 Å². The molecule has 3 aromatic rings. The Labute approximate surface area is 171 Å². The number of nitrogens with one attached hydrogen (secondary N) is 1. The molecule has 0 aliphatic carbocycles. The van der Waals surface area contributed by atoms with E-state index in [0.29, 0.717) is 5.02 Å². The van der Waals surface area contributed by atoms with Crippen LogP contribution in [0.4, 0.5) is 5.69 Å². The Morgan fingerprint density at radius 1 is 0.929 bits per heavy atom. The molecule has 1 unspecified atom stereocenters. The first kappa shape index (κ1) is 18.4. The number of halogens is 1. The van der Waals surface area contributed by atoms with Gasteiger partial charge in [0, 0.05) is 29.0 Å². The molecule has 0 bridgehead atoms. The van der Waals surface area contributed by atoms with E-state index in [1.165, 1.54) is 16.7 Å². The summed E-state index contributed by atoms with van der Waals surface area (Å²) >= 11 is 6.21. The summed E-state index contributed by atoms with van der Waals surface area (Å²) in [5.74, 6) is 0. The van der Waals surface area contributed by atoms with Crippen molar-refractivity contribution in [2.45, 2.75) is 12.5 Å². The fraction of sp³-hybridized carbons (Fsp3) is 0.120. The van der Waals surface area contributed by atoms with Gasteiger partial charge in [-0.3, -0.25) is 0 Å². The van der Waals surface area contributed by atoms with Gasteiger partial charge in [0.1, 0.15) is 0 Å². The van der Waals surface area contributed by atoms with Crippen LogP contribution in [0.5, 0.6) is 0 Å². The highest BCUT2D eigenvalue weighted by Gasteiger charge is 2.25. The van der Waals surface area contributed by atoms with Crippen LogP contribution in [0.15, 0.2) is 91.7 Å². The van der Waals surface area contributed by atoms with E-state index in [2.05, 4.69) is 71.9 Å². The second kappa shape index (κ2) is 7.57. The highest BCUT2D eigenvalue weighted by Crippen LogP contribution is 2.34. The first-order valence-corrected chi connectivity index (χ1v) is 9.73. The van der Waals surface area contributed by atoms with Gasteiger partial charge in [0.15, 0.2) is 0 Å². The number of benzene rings is 3. The van der Waals surface area contributed by atoms with Crippen LogP contribution in [0.2, 0.25) is 5.02 Å². The highest BCUT2D eigenvalue weighted by molar-refractivity contribution is 6.30. The Hall–Kier alpha value is -2.97. The van der Waals surface area contributed by atoms with Crippen molar-refractivity contribution in [2.24, 2.45) is 0 Å². The minimum Gasteiger partial charge on any atom is -0.376 e. The Kier molecular flexibility index (Phi) is 4.97. The summed E-state index contributed by atoms with van der Waals surface area (Å²) < 4.78 is 0. The molecular formula is C25H23ClN2. The lowest BCUT2D eigenvalue weighted by Gasteiger charge is -2.26. The van der Waals surface area contributed by atoms with Crippen molar-refractivity contribution >= 4 is 23.0 Å². The van der Waals surface area contributed by atoms with E-state index in [-0.39, 0.29) is 6.04 Å². The van der Waals surface area contributed by atoms with Crippen molar-refractivity contribution in [2.75, 3.05) is 11.9 Å². The molecule has 0 saturated carbocycles. The van der Waals surface area contributed by atoms with Crippen LogP contribution in [0.25, 0.3) is 16.8 Å². The Morgan fingerprint density at radius 2 is 1.68 bits per heavy atom. The third kappa shape index (κ3) is 3.56. The number of rotatable bonds is 3. The minimum atomic E-state index is 0.0506. The number of hydrogen-bond acceptors (Lipinski definition) is 2. The number of anilines is 1. The molecule has 2 nitrogen and oxygen atoms in total. The van der Waals surface area contributed by atoms with Gasteiger partial charge in [0.25, 0.3) is 0 Å². The maximum Gasteiger partial charge on any atom is 0.0699 e. The SMILES string of the molecule is C=C1NC(Cc2cccc(-c3ccccc3)c2)C(=C)N(C)c2ccc(Cl)cc21. The van der Waals surface area contributed by atoms with E-state index >= 15 is 0 Å². The molecule has 0 fully saturated rings. The molecule has 4 rings (SSSR count). The lowest BCUT2D eigenvalue weighted by Crippen LogP contribution is -2.35. The van der Waals surface area contributed by atoms with E-state index in [1.54, 1.807) is 0 Å². The van der Waals surface area contributed by atoms with E-state index in [4.69, 9.17) is 11.6 Å². The van der Waals surface area contributed by atoms with Gasteiger partial charge in [-0.2, -0.15) is 0 Å². The van der Waals surface area contributed by atoms with Crippen LogP contribution >= 0.6 is 11.6 Å². The molecule has 0 amide bonds. The molecule has 3 heteroatoms. The topological polar surface area (TPSA) is 15.3 Å². The van der Waals surface area contributed by atoms with Gasteiger partial charge in [-0.1, -0.05) is 79.4 Å². The first-order chi connectivity index (χ1) is 13.5. The number of fused-ring (bicyclic) bond motifs is 1. The summed E-state index contributed by atoms with van der Waals surface area (Å²) in [6.45, 7) is 8.60. The molecule has 1 aliphatic rings. The normalized spacial score (nSPS) is 16.4. The zero-order valence-electron chi connectivity index (χ0n) is 16.0. The van der Waals surface area contributed by atoms with Crippen LogP contribution in [0.3, 0.4) is 0 Å². The lowest BCUT2D eigenvalue weighted by molar-refractivity contribution is 0.665. The number of likely N-dealkylation sites (N-methyl/N-ethyl adjacent to an activating group) is 1. The fourth-order valence-corrected chi connectivity index (χ4v) is 3.89. The van der Waals surface area contributed by atoms with Crippen LogP contribution in [0.1, 0.15) is 11.1 Å². The summed E-state index contributed by atoms with van der Waals surface area (Å²) in [5.41, 5.74) is 7.65. The highest BCUT2D eigenvalue weighted by atomic mass is 35.5. The van der Waals surface area contributed by atoms with Crippen molar-refractivity contribution in [3.05, 3.63) is 108 Å². The molecule has 3 aromatic carbocycles. The molecule has 1 atom stereocenters. The quantitative estimate of drug-likeness (QED) is 0.581. The molecule has 0 radical (unpaired) electrons. The predicted octanol–water partition coefficient (Wildman–Crippen LogP) is 6.14. The standard InChI is InChI=1S/C25H23ClN2/c1-17-23-16-22(26)12-13-25(23)28(3)18(2)24(27-17)15-19-8-7-11-21(14-19)20-9-5-4-6-10-20/h4-14,16,24,27H,1-2,15H2,3H3. The van der Waals surface area contributed by atoms with Crippen molar-refractivity contribution in [3.63, 3.8) is 0 Å². The average molecular weight is 387 g/mol. The second-order valence-corrected chi connectivity index (χ2v) is 7.59. The zero-order chi connectivity index (χ0) is 19.7. The molecule has 1 N–H and O–H groups in total. The van der Waals surface area contributed by atoms with Gasteiger partial charge < -0.3 is 10.2 Å². The van der Waals surface area contributed by atoms with Gasteiger partial charge in [-0.05, 0) is 41.3 Å². The van der Waals surface area contributed by atoms with Crippen LogP contribution in [-0.2, 0) is 6.42 Å². The summed E-state index contributed by atoms with van der Waals surface area (Å²) in [5, 5.41) is 4.26. The van der Waals surface area contributed by atoms with Crippen molar-refractivity contribution in [1.82, 2.24) is 5.32 Å². The van der Waals surface area contributed by atoms with Gasteiger partial charge >= 0.3 is 0 Å². The van der Waals surface area contributed by atoms with E-state index in [9.17, 15) is 0 Å². The van der Waals surface area contributed by atoms with Gasteiger partial charge in [0.2, 0.25) is 0 Å². The zero-order valence-corrected chi connectivity index (χ0v) is 16.7. The third-order valence-electron chi connectivity index (χ3n) is 5.30. The van der Waals surface area contributed by atoms with Gasteiger partial charge in [0.05, 0.1) is 11.7 Å². The fourth-order valence-electron chi connectivity index (χ4n) is 3.72. The molecule has 0 aromatic heterocycles. The Balaban J connectivity index is 1.63. The predicted molar refractivity (Wildman–Crippen MR) is 121 cm³/mol. The van der Waals surface area contributed by atoms with E-state index in [1.807, 2.05) is 31.3 Å². The molecule has 1 heterocycles. The molecule has 1 aliphatic heterocycles. The largest absolute Gasteiger partial charge is 0.376 e. The maximum atomic E-state index is 6.21. The third-order valence-corrected chi connectivity index (χ3v) is 5.54. The summed E-state index contributed by atoms with van der Waals surface area (Å²) in [6.07, 6.45) is 0.824. The molecule has 28 heavy (non-hydrogen) atoms. The Bertz CT molecular complexity index is 1040. The van der Waals surface area contributed by atoms with Gasteiger partial charge in [-0.15, -0.1) is 0 Å². The second-order valence-electron chi connectivity index (χ2n) is 7.16. The van der Waals surface area contributed by atoms with Gasteiger partial charge in [-0.25, -0.2) is 0 Å². The molecular weight excluding hydrogens is 364 g/mol. The van der Waals surface area contributed by atoms with Crippen molar-refractivity contribution < 1.29 is 0 Å².